The second-order valence-corrected chi connectivity index (χ2v) is 6.71. The Bertz CT molecular complexity index is 660. The molecule has 0 aromatic carbocycles. The standard InChI is InChI=1S/C18H24N4O2/c1-21-10-15(9-20-21)11-22-12-17(18-16(22)5-3-7-23-18)24-13-14-4-2-6-19-8-14/h2,4,6,8-10,16-18H,3,5,7,11-13H2,1H3/t16-,17+,18+/m0/s1. The summed E-state index contributed by atoms with van der Waals surface area (Å²) in [6.45, 7) is 3.25. The number of hydrogen-bond acceptors (Lipinski definition) is 5. The fraction of sp³-hybridized carbons (Fsp3) is 0.556. The first-order chi connectivity index (χ1) is 11.8. The molecule has 2 aromatic heterocycles. The van der Waals surface area contributed by atoms with Crippen LogP contribution >= 0.6 is 0 Å². The number of nitrogens with zero attached hydrogens (tertiary/aromatic N) is 4. The number of likely N-dealkylation sites (tertiary alicyclic amines) is 1. The Kier molecular flexibility index (Phi) is 4.60. The van der Waals surface area contributed by atoms with E-state index in [1.54, 1.807) is 6.20 Å². The van der Waals surface area contributed by atoms with Crippen LogP contribution in [-0.2, 0) is 29.7 Å². The summed E-state index contributed by atoms with van der Waals surface area (Å²) >= 11 is 0. The van der Waals surface area contributed by atoms with Gasteiger partial charge in [0.05, 0.1) is 18.9 Å². The molecule has 0 radical (unpaired) electrons. The maximum Gasteiger partial charge on any atom is 0.100 e. The maximum absolute atomic E-state index is 6.20. The molecule has 2 saturated heterocycles. The summed E-state index contributed by atoms with van der Waals surface area (Å²) in [5.74, 6) is 0. The van der Waals surface area contributed by atoms with Crippen LogP contribution in [0.25, 0.3) is 0 Å². The molecule has 0 N–H and O–H groups in total. The van der Waals surface area contributed by atoms with Gasteiger partial charge in [-0.2, -0.15) is 5.10 Å². The summed E-state index contributed by atoms with van der Waals surface area (Å²) < 4.78 is 14.1. The van der Waals surface area contributed by atoms with Crippen molar-refractivity contribution in [3.8, 4) is 0 Å². The van der Waals surface area contributed by atoms with E-state index in [9.17, 15) is 0 Å². The first kappa shape index (κ1) is 15.7. The van der Waals surface area contributed by atoms with Crippen molar-refractivity contribution in [3.05, 3.63) is 48.0 Å². The quantitative estimate of drug-likeness (QED) is 0.837. The predicted molar refractivity (Wildman–Crippen MR) is 89.2 cm³/mol. The minimum atomic E-state index is 0.118. The Morgan fingerprint density at radius 1 is 1.33 bits per heavy atom. The lowest BCUT2D eigenvalue weighted by atomic mass is 10.0. The molecule has 128 valence electrons. The Hall–Kier alpha value is -1.76. The molecule has 0 saturated carbocycles. The van der Waals surface area contributed by atoms with Gasteiger partial charge in [-0.1, -0.05) is 6.07 Å². The van der Waals surface area contributed by atoms with Gasteiger partial charge in [-0.25, -0.2) is 0 Å². The first-order valence-corrected chi connectivity index (χ1v) is 8.63. The van der Waals surface area contributed by atoms with Crippen molar-refractivity contribution in [2.24, 2.45) is 7.05 Å². The van der Waals surface area contributed by atoms with Crippen LogP contribution < -0.4 is 0 Å². The van der Waals surface area contributed by atoms with E-state index in [0.717, 1.165) is 31.7 Å². The third-order valence-corrected chi connectivity index (χ3v) is 4.91. The van der Waals surface area contributed by atoms with E-state index in [-0.39, 0.29) is 12.2 Å². The van der Waals surface area contributed by atoms with E-state index >= 15 is 0 Å². The van der Waals surface area contributed by atoms with Crippen LogP contribution in [0.5, 0.6) is 0 Å². The largest absolute Gasteiger partial charge is 0.374 e. The van der Waals surface area contributed by atoms with Gasteiger partial charge >= 0.3 is 0 Å². The fourth-order valence-electron chi connectivity index (χ4n) is 3.81. The van der Waals surface area contributed by atoms with Gasteiger partial charge in [-0.05, 0) is 24.5 Å². The number of aryl methyl sites for hydroxylation is 1. The zero-order valence-electron chi connectivity index (χ0n) is 14.0. The van der Waals surface area contributed by atoms with Gasteiger partial charge in [-0.3, -0.25) is 14.6 Å². The van der Waals surface area contributed by atoms with Gasteiger partial charge < -0.3 is 9.47 Å². The molecule has 2 aliphatic heterocycles. The lowest BCUT2D eigenvalue weighted by Crippen LogP contribution is -2.41. The average molecular weight is 328 g/mol. The van der Waals surface area contributed by atoms with Crippen LogP contribution in [0.15, 0.2) is 36.9 Å². The molecule has 0 aliphatic carbocycles. The number of pyridine rings is 1. The second-order valence-electron chi connectivity index (χ2n) is 6.71. The maximum atomic E-state index is 6.20. The third kappa shape index (κ3) is 3.36. The second kappa shape index (κ2) is 7.01. The molecular weight excluding hydrogens is 304 g/mol. The van der Waals surface area contributed by atoms with E-state index in [4.69, 9.17) is 9.47 Å². The highest BCUT2D eigenvalue weighted by atomic mass is 16.5. The number of rotatable bonds is 5. The van der Waals surface area contributed by atoms with Crippen LogP contribution in [0.1, 0.15) is 24.0 Å². The van der Waals surface area contributed by atoms with Crippen LogP contribution in [0.2, 0.25) is 0 Å². The zero-order chi connectivity index (χ0) is 16.4. The predicted octanol–water partition coefficient (Wildman–Crippen LogP) is 1.76. The molecule has 0 amide bonds. The summed E-state index contributed by atoms with van der Waals surface area (Å²) in [4.78, 5) is 6.65. The molecule has 3 atom stereocenters. The van der Waals surface area contributed by atoms with Crippen molar-refractivity contribution in [2.45, 2.75) is 44.2 Å². The minimum Gasteiger partial charge on any atom is -0.374 e. The Balaban J connectivity index is 1.42. The molecule has 6 nitrogen and oxygen atoms in total. The molecule has 4 rings (SSSR count). The van der Waals surface area contributed by atoms with Crippen LogP contribution in [0.3, 0.4) is 0 Å². The molecule has 6 heteroatoms. The third-order valence-electron chi connectivity index (χ3n) is 4.91. The van der Waals surface area contributed by atoms with E-state index in [2.05, 4.69) is 27.2 Å². The highest BCUT2D eigenvalue weighted by Gasteiger charge is 2.44. The van der Waals surface area contributed by atoms with Crippen molar-refractivity contribution >= 4 is 0 Å². The summed E-state index contributed by atoms with van der Waals surface area (Å²) in [6, 6.07) is 4.44. The molecular formula is C18H24N4O2. The van der Waals surface area contributed by atoms with Gasteiger partial charge in [0, 0.05) is 56.9 Å². The van der Waals surface area contributed by atoms with E-state index < -0.39 is 0 Å². The van der Waals surface area contributed by atoms with Gasteiger partial charge in [0.25, 0.3) is 0 Å². The van der Waals surface area contributed by atoms with Crippen LogP contribution in [0.4, 0.5) is 0 Å². The summed E-state index contributed by atoms with van der Waals surface area (Å²) in [7, 11) is 1.96. The van der Waals surface area contributed by atoms with Crippen molar-refractivity contribution in [3.63, 3.8) is 0 Å². The number of aromatic nitrogens is 3. The number of hydrogen-bond donors (Lipinski definition) is 0. The monoisotopic (exact) mass is 328 g/mol. The Morgan fingerprint density at radius 3 is 3.08 bits per heavy atom. The smallest absolute Gasteiger partial charge is 0.100 e. The average Bonchev–Trinajstić information content (AvgIpc) is 3.18. The van der Waals surface area contributed by atoms with Crippen molar-refractivity contribution in [1.29, 1.82) is 0 Å². The van der Waals surface area contributed by atoms with Crippen LogP contribution in [0, 0.1) is 0 Å². The van der Waals surface area contributed by atoms with Crippen molar-refractivity contribution in [1.82, 2.24) is 19.7 Å². The zero-order valence-corrected chi connectivity index (χ0v) is 14.0. The first-order valence-electron chi connectivity index (χ1n) is 8.63. The molecule has 2 aromatic rings. The molecule has 0 unspecified atom stereocenters. The van der Waals surface area contributed by atoms with Gasteiger partial charge in [0.2, 0.25) is 0 Å². The normalized spacial score (nSPS) is 27.3. The van der Waals surface area contributed by atoms with Gasteiger partial charge in [-0.15, -0.1) is 0 Å². The highest BCUT2D eigenvalue weighted by molar-refractivity contribution is 5.09. The van der Waals surface area contributed by atoms with Gasteiger partial charge in [0.1, 0.15) is 6.10 Å². The van der Waals surface area contributed by atoms with Crippen molar-refractivity contribution in [2.75, 3.05) is 13.2 Å². The topological polar surface area (TPSA) is 52.4 Å². The minimum absolute atomic E-state index is 0.118. The highest BCUT2D eigenvalue weighted by Crippen LogP contribution is 2.32. The Morgan fingerprint density at radius 2 is 2.29 bits per heavy atom. The van der Waals surface area contributed by atoms with Crippen molar-refractivity contribution < 1.29 is 9.47 Å². The lowest BCUT2D eigenvalue weighted by Gasteiger charge is -2.32. The summed E-state index contributed by atoms with van der Waals surface area (Å²) in [5.41, 5.74) is 2.35. The number of fused-ring (bicyclic) bond motifs is 1. The lowest BCUT2D eigenvalue weighted by molar-refractivity contribution is -0.0819. The van der Waals surface area contributed by atoms with Crippen LogP contribution in [-0.4, -0.2) is 51.1 Å². The molecule has 24 heavy (non-hydrogen) atoms. The molecule has 4 heterocycles. The van der Waals surface area contributed by atoms with E-state index in [0.29, 0.717) is 12.6 Å². The van der Waals surface area contributed by atoms with E-state index in [1.165, 1.54) is 12.0 Å². The van der Waals surface area contributed by atoms with Gasteiger partial charge in [0.15, 0.2) is 0 Å². The summed E-state index contributed by atoms with van der Waals surface area (Å²) in [6.07, 6.45) is 10.3. The fourth-order valence-corrected chi connectivity index (χ4v) is 3.81. The summed E-state index contributed by atoms with van der Waals surface area (Å²) in [5, 5.41) is 4.28. The molecule has 2 aliphatic rings. The SMILES string of the molecule is Cn1cc(CN2C[C@@H](OCc3cccnc3)[C@@H]3OCCC[C@@H]32)cn1. The molecule has 0 bridgehead atoms. The van der Waals surface area contributed by atoms with E-state index in [1.807, 2.05) is 30.2 Å². The molecule has 0 spiro atoms. The Labute approximate surface area is 142 Å². The number of ether oxygens (including phenoxy) is 2. The molecule has 2 fully saturated rings.